The molecule has 1 rings (SSSR count). The minimum absolute atomic E-state index is 0.143. The molecule has 1 aliphatic rings. The van der Waals surface area contributed by atoms with Gasteiger partial charge < -0.3 is 40.3 Å². The number of esters is 2. The second-order valence-electron chi connectivity index (χ2n) is 5.88. The number of carbonyl (C=O) groups is 2. The number of dihydropyridines is 1. The summed E-state index contributed by atoms with van der Waals surface area (Å²) >= 11 is 0. The van der Waals surface area contributed by atoms with Crippen molar-refractivity contribution < 1.29 is 44.6 Å². The Morgan fingerprint density at radius 3 is 1.73 bits per heavy atom. The lowest BCUT2D eigenvalue weighted by Gasteiger charge is -2.36. The Morgan fingerprint density at radius 2 is 1.38 bits per heavy atom. The van der Waals surface area contributed by atoms with Crippen LogP contribution in [-0.2, 0) is 19.1 Å². The maximum absolute atomic E-state index is 12.2. The van der Waals surface area contributed by atoms with Crippen LogP contribution in [0.4, 0.5) is 0 Å². The van der Waals surface area contributed by atoms with Crippen molar-refractivity contribution >= 4 is 11.9 Å². The van der Waals surface area contributed by atoms with Gasteiger partial charge in [-0.1, -0.05) is 0 Å². The van der Waals surface area contributed by atoms with Gasteiger partial charge in [-0.3, -0.25) is 0 Å². The van der Waals surface area contributed by atoms with Crippen LogP contribution in [0.25, 0.3) is 0 Å². The molecule has 10 nitrogen and oxygen atoms in total. The third-order valence-corrected chi connectivity index (χ3v) is 4.24. The van der Waals surface area contributed by atoms with E-state index in [1.807, 2.05) is 0 Å². The molecule has 0 fully saturated rings. The van der Waals surface area contributed by atoms with Crippen molar-refractivity contribution in [3.63, 3.8) is 0 Å². The van der Waals surface area contributed by atoms with Crippen molar-refractivity contribution in [2.24, 2.45) is 5.92 Å². The second kappa shape index (κ2) is 9.10. The third-order valence-electron chi connectivity index (χ3n) is 4.24. The highest BCUT2D eigenvalue weighted by Crippen LogP contribution is 2.35. The van der Waals surface area contributed by atoms with Crippen LogP contribution in [0.3, 0.4) is 0 Å². The molecule has 1 aliphatic heterocycles. The van der Waals surface area contributed by atoms with Gasteiger partial charge in [0.05, 0.1) is 44.0 Å². The Labute approximate surface area is 150 Å². The largest absolute Gasteiger partial charge is 0.466 e. The number of methoxy groups -OCH3 is 2. The Hall–Kier alpha value is -1.98. The average Bonchev–Trinajstić information content (AvgIpc) is 2.63. The second-order valence-corrected chi connectivity index (χ2v) is 5.88. The number of hydrogen-bond acceptors (Lipinski definition) is 10. The summed E-state index contributed by atoms with van der Waals surface area (Å²) in [5.41, 5.74) is 0.261. The quantitative estimate of drug-likeness (QED) is 0.263. The normalized spacial score (nSPS) is 20.2. The number of aliphatic hydroxyl groups excluding tert-OH is 5. The maximum Gasteiger partial charge on any atom is 0.336 e. The van der Waals surface area contributed by atoms with Gasteiger partial charge in [0, 0.05) is 11.4 Å². The number of rotatable bonds is 7. The Kier molecular flexibility index (Phi) is 7.72. The fourth-order valence-corrected chi connectivity index (χ4v) is 2.88. The van der Waals surface area contributed by atoms with Crippen LogP contribution in [-0.4, -0.2) is 82.7 Å². The van der Waals surface area contributed by atoms with Crippen LogP contribution in [0.2, 0.25) is 0 Å². The Bertz CT molecular complexity index is 575. The third kappa shape index (κ3) is 4.22. The molecule has 0 bridgehead atoms. The highest BCUT2D eigenvalue weighted by molar-refractivity contribution is 5.98. The molecule has 0 spiro atoms. The van der Waals surface area contributed by atoms with Crippen molar-refractivity contribution in [2.75, 3.05) is 20.8 Å². The van der Waals surface area contributed by atoms with E-state index in [2.05, 4.69) is 5.32 Å². The van der Waals surface area contributed by atoms with Crippen LogP contribution in [0.5, 0.6) is 0 Å². The van der Waals surface area contributed by atoms with Crippen molar-refractivity contribution in [3.8, 4) is 0 Å². The minimum atomic E-state index is -1.99. The lowest BCUT2D eigenvalue weighted by Crippen LogP contribution is -2.51. The molecule has 0 aromatic heterocycles. The lowest BCUT2D eigenvalue weighted by molar-refractivity contribution is -0.143. The zero-order chi connectivity index (χ0) is 20.2. The van der Waals surface area contributed by atoms with Gasteiger partial charge in [0.15, 0.2) is 0 Å². The SMILES string of the molecule is COC(=O)C1=C(C)NC(C)=C(C(=O)OC)C1[C@@H](O)[C@@H](O)[C@H](O)[C@H](O)CO. The standard InChI is InChI=1S/C16H25NO9/c1-6-9(15(23)25-3)11(10(7(2)17-6)16(24)26-4)13(21)14(22)12(20)8(19)5-18/h8,11-14,17-22H,5H2,1-4H3/t8-,12-,13-,14+/m1/s1. The van der Waals surface area contributed by atoms with E-state index in [9.17, 15) is 30.0 Å². The summed E-state index contributed by atoms with van der Waals surface area (Å²) in [5, 5.41) is 51.9. The molecule has 6 N–H and O–H groups in total. The van der Waals surface area contributed by atoms with Crippen molar-refractivity contribution in [1.82, 2.24) is 5.32 Å². The van der Waals surface area contributed by atoms with Crippen LogP contribution in [0.1, 0.15) is 13.8 Å². The predicted molar refractivity (Wildman–Crippen MR) is 87.2 cm³/mol. The number of ether oxygens (including phenoxy) is 2. The van der Waals surface area contributed by atoms with Crippen LogP contribution >= 0.6 is 0 Å². The topological polar surface area (TPSA) is 166 Å². The van der Waals surface area contributed by atoms with E-state index in [0.29, 0.717) is 0 Å². The molecule has 10 heteroatoms. The number of allylic oxidation sites excluding steroid dienone is 2. The summed E-state index contributed by atoms with van der Waals surface area (Å²) in [5.74, 6) is -3.12. The van der Waals surface area contributed by atoms with Gasteiger partial charge in [0.25, 0.3) is 0 Å². The average molecular weight is 375 g/mol. The van der Waals surface area contributed by atoms with Gasteiger partial charge in [0.1, 0.15) is 18.3 Å². The van der Waals surface area contributed by atoms with Crippen LogP contribution in [0.15, 0.2) is 22.5 Å². The first-order valence-corrected chi connectivity index (χ1v) is 7.80. The van der Waals surface area contributed by atoms with Gasteiger partial charge in [0.2, 0.25) is 0 Å². The lowest BCUT2D eigenvalue weighted by atomic mass is 9.78. The Morgan fingerprint density at radius 1 is 0.962 bits per heavy atom. The van der Waals surface area contributed by atoms with E-state index in [1.54, 1.807) is 0 Å². The molecule has 0 saturated heterocycles. The molecule has 0 unspecified atom stereocenters. The number of carbonyl (C=O) groups excluding carboxylic acids is 2. The van der Waals surface area contributed by atoms with E-state index in [1.165, 1.54) is 13.8 Å². The molecule has 0 amide bonds. The van der Waals surface area contributed by atoms with E-state index >= 15 is 0 Å². The van der Waals surface area contributed by atoms with E-state index < -0.39 is 48.9 Å². The first kappa shape index (κ1) is 22.1. The molecular formula is C16H25NO9. The van der Waals surface area contributed by atoms with Crippen molar-refractivity contribution in [3.05, 3.63) is 22.5 Å². The number of aliphatic hydroxyl groups is 5. The summed E-state index contributed by atoms with van der Waals surface area (Å²) in [6.07, 6.45) is -7.54. The summed E-state index contributed by atoms with van der Waals surface area (Å²) in [6.45, 7) is 2.15. The molecule has 4 atom stereocenters. The van der Waals surface area contributed by atoms with E-state index in [4.69, 9.17) is 14.6 Å². The maximum atomic E-state index is 12.2. The monoisotopic (exact) mass is 375 g/mol. The van der Waals surface area contributed by atoms with Gasteiger partial charge in [-0.2, -0.15) is 0 Å². The molecule has 148 valence electrons. The molecular weight excluding hydrogens is 350 g/mol. The van der Waals surface area contributed by atoms with Crippen molar-refractivity contribution in [2.45, 2.75) is 38.3 Å². The fraction of sp³-hybridized carbons (Fsp3) is 0.625. The van der Waals surface area contributed by atoms with E-state index in [-0.39, 0.29) is 22.5 Å². The van der Waals surface area contributed by atoms with Gasteiger partial charge in [-0.15, -0.1) is 0 Å². The first-order chi connectivity index (χ1) is 12.1. The van der Waals surface area contributed by atoms with E-state index in [0.717, 1.165) is 14.2 Å². The van der Waals surface area contributed by atoms with Gasteiger partial charge >= 0.3 is 11.9 Å². The minimum Gasteiger partial charge on any atom is -0.466 e. The summed E-state index contributed by atoms with van der Waals surface area (Å²) < 4.78 is 9.38. The first-order valence-electron chi connectivity index (χ1n) is 7.80. The zero-order valence-electron chi connectivity index (χ0n) is 15.0. The number of hydrogen-bond donors (Lipinski definition) is 6. The molecule has 0 radical (unpaired) electrons. The molecule has 0 aromatic rings. The van der Waals surface area contributed by atoms with Crippen molar-refractivity contribution in [1.29, 1.82) is 0 Å². The highest BCUT2D eigenvalue weighted by Gasteiger charge is 2.45. The molecule has 0 aromatic carbocycles. The Balaban J connectivity index is 3.45. The fourth-order valence-electron chi connectivity index (χ4n) is 2.88. The molecule has 26 heavy (non-hydrogen) atoms. The smallest absolute Gasteiger partial charge is 0.336 e. The summed E-state index contributed by atoms with van der Waals surface area (Å²) in [7, 11) is 2.21. The van der Waals surface area contributed by atoms with Crippen LogP contribution < -0.4 is 5.32 Å². The summed E-state index contributed by atoms with van der Waals surface area (Å²) in [6, 6.07) is 0. The summed E-state index contributed by atoms with van der Waals surface area (Å²) in [4.78, 5) is 24.4. The zero-order valence-corrected chi connectivity index (χ0v) is 15.0. The van der Waals surface area contributed by atoms with Gasteiger partial charge in [-0.25, -0.2) is 9.59 Å². The highest BCUT2D eigenvalue weighted by atomic mass is 16.5. The molecule has 0 saturated carbocycles. The number of nitrogens with one attached hydrogen (secondary N) is 1. The van der Waals surface area contributed by atoms with Gasteiger partial charge in [-0.05, 0) is 13.8 Å². The predicted octanol–water partition coefficient (Wildman–Crippen LogP) is -2.46. The molecule has 1 heterocycles. The van der Waals surface area contributed by atoms with Crippen LogP contribution in [0, 0.1) is 5.92 Å². The molecule has 0 aliphatic carbocycles.